The maximum Gasteiger partial charge on any atom is 0.173 e. The first-order valence-electron chi connectivity index (χ1n) is 5.11. The molecule has 0 aliphatic heterocycles. The van der Waals surface area contributed by atoms with Crippen LogP contribution in [-0.4, -0.2) is 18.5 Å². The first kappa shape index (κ1) is 11.9. The highest BCUT2D eigenvalue weighted by Crippen LogP contribution is 2.40. The van der Waals surface area contributed by atoms with Gasteiger partial charge in [-0.05, 0) is 24.8 Å². The third-order valence-corrected chi connectivity index (χ3v) is 3.30. The van der Waals surface area contributed by atoms with Crippen LogP contribution in [0.2, 0.25) is 0 Å². The maximum atomic E-state index is 5.58. The van der Waals surface area contributed by atoms with Gasteiger partial charge in [0.2, 0.25) is 0 Å². The van der Waals surface area contributed by atoms with Crippen molar-refractivity contribution in [2.45, 2.75) is 11.8 Å². The van der Waals surface area contributed by atoms with E-state index in [2.05, 4.69) is 5.16 Å². The number of nitrogens with two attached hydrogens (primary N) is 1. The van der Waals surface area contributed by atoms with Gasteiger partial charge in [0.25, 0.3) is 0 Å². The predicted octanol–water partition coefficient (Wildman–Crippen LogP) is 2.96. The first-order valence-corrected chi connectivity index (χ1v) is 6.34. The van der Waals surface area contributed by atoms with E-state index >= 15 is 0 Å². The first-order chi connectivity index (χ1) is 8.17. The highest BCUT2D eigenvalue weighted by molar-refractivity contribution is 7.98. The Labute approximate surface area is 104 Å². The standard InChI is InChI=1S/C12H14N2O2S/c1-7-4-5-9(17-3)11(12(7)15-2)8-6-10(13)14-16-8/h4-6H,1-3H3,(H2,13,14). The minimum Gasteiger partial charge on any atom is -0.496 e. The van der Waals surface area contributed by atoms with Gasteiger partial charge < -0.3 is 15.0 Å². The Hall–Kier alpha value is -1.62. The molecule has 4 nitrogen and oxygen atoms in total. The predicted molar refractivity (Wildman–Crippen MR) is 69.4 cm³/mol. The number of aromatic nitrogens is 1. The summed E-state index contributed by atoms with van der Waals surface area (Å²) in [6.07, 6.45) is 2.01. The number of hydrogen-bond acceptors (Lipinski definition) is 5. The minimum absolute atomic E-state index is 0.371. The van der Waals surface area contributed by atoms with Crippen molar-refractivity contribution in [2.75, 3.05) is 19.1 Å². The summed E-state index contributed by atoms with van der Waals surface area (Å²) in [6.45, 7) is 1.99. The highest BCUT2D eigenvalue weighted by atomic mass is 32.2. The summed E-state index contributed by atoms with van der Waals surface area (Å²) in [6, 6.07) is 5.77. The number of rotatable bonds is 3. The minimum atomic E-state index is 0.371. The molecule has 0 aliphatic carbocycles. The van der Waals surface area contributed by atoms with Crippen LogP contribution in [0.4, 0.5) is 5.82 Å². The molecule has 17 heavy (non-hydrogen) atoms. The Balaban J connectivity index is 2.68. The molecule has 0 saturated heterocycles. The molecule has 0 saturated carbocycles. The smallest absolute Gasteiger partial charge is 0.173 e. The van der Waals surface area contributed by atoms with Gasteiger partial charge in [-0.1, -0.05) is 11.2 Å². The molecule has 0 amide bonds. The Morgan fingerprint density at radius 3 is 2.71 bits per heavy atom. The Bertz CT molecular complexity index is 537. The maximum absolute atomic E-state index is 5.58. The number of hydrogen-bond donors (Lipinski definition) is 1. The second-order valence-corrected chi connectivity index (χ2v) is 4.46. The molecule has 1 heterocycles. The summed E-state index contributed by atoms with van der Waals surface area (Å²) in [5.41, 5.74) is 7.54. The number of methoxy groups -OCH3 is 1. The average Bonchev–Trinajstić information content (AvgIpc) is 2.75. The molecule has 2 N–H and O–H groups in total. The number of aryl methyl sites for hydroxylation is 1. The number of anilines is 1. The topological polar surface area (TPSA) is 61.3 Å². The largest absolute Gasteiger partial charge is 0.496 e. The fourth-order valence-electron chi connectivity index (χ4n) is 1.74. The van der Waals surface area contributed by atoms with Crippen LogP contribution in [0, 0.1) is 6.92 Å². The monoisotopic (exact) mass is 250 g/mol. The zero-order valence-corrected chi connectivity index (χ0v) is 10.8. The van der Waals surface area contributed by atoms with Gasteiger partial charge >= 0.3 is 0 Å². The van der Waals surface area contributed by atoms with Crippen LogP contribution in [0.15, 0.2) is 27.6 Å². The number of nitrogens with zero attached hydrogens (tertiary/aromatic N) is 1. The van der Waals surface area contributed by atoms with Crippen LogP contribution >= 0.6 is 11.8 Å². The second-order valence-electron chi connectivity index (χ2n) is 3.61. The normalized spacial score (nSPS) is 10.5. The van der Waals surface area contributed by atoms with E-state index in [1.54, 1.807) is 24.9 Å². The lowest BCUT2D eigenvalue weighted by Gasteiger charge is -2.12. The van der Waals surface area contributed by atoms with Gasteiger partial charge in [-0.25, -0.2) is 0 Å². The van der Waals surface area contributed by atoms with Gasteiger partial charge in [-0.2, -0.15) is 0 Å². The average molecular weight is 250 g/mol. The van der Waals surface area contributed by atoms with Crippen LogP contribution in [-0.2, 0) is 0 Å². The van der Waals surface area contributed by atoms with Crippen LogP contribution in [0.1, 0.15) is 5.56 Å². The van der Waals surface area contributed by atoms with Crippen molar-refractivity contribution in [2.24, 2.45) is 0 Å². The van der Waals surface area contributed by atoms with Crippen LogP contribution in [0.5, 0.6) is 5.75 Å². The molecule has 0 unspecified atom stereocenters. The van der Waals surface area contributed by atoms with Crippen molar-refractivity contribution in [3.63, 3.8) is 0 Å². The second kappa shape index (κ2) is 4.71. The molecule has 0 atom stereocenters. The number of thioether (sulfide) groups is 1. The molecular weight excluding hydrogens is 236 g/mol. The van der Waals surface area contributed by atoms with Crippen LogP contribution in [0.25, 0.3) is 11.3 Å². The van der Waals surface area contributed by atoms with E-state index < -0.39 is 0 Å². The summed E-state index contributed by atoms with van der Waals surface area (Å²) >= 11 is 1.63. The molecule has 1 aromatic carbocycles. The van der Waals surface area contributed by atoms with E-state index in [-0.39, 0.29) is 0 Å². The summed E-state index contributed by atoms with van der Waals surface area (Å²) in [5, 5.41) is 3.71. The fourth-order valence-corrected chi connectivity index (χ4v) is 2.34. The summed E-state index contributed by atoms with van der Waals surface area (Å²) in [4.78, 5) is 1.07. The molecule has 0 spiro atoms. The van der Waals surface area contributed by atoms with Gasteiger partial charge in [0, 0.05) is 11.0 Å². The molecule has 2 aromatic rings. The van der Waals surface area contributed by atoms with Crippen molar-refractivity contribution in [1.82, 2.24) is 5.16 Å². The summed E-state index contributed by atoms with van der Waals surface area (Å²) in [7, 11) is 1.65. The lowest BCUT2D eigenvalue weighted by Crippen LogP contribution is -1.92. The van der Waals surface area contributed by atoms with Crippen LogP contribution < -0.4 is 10.5 Å². The van der Waals surface area contributed by atoms with Crippen molar-refractivity contribution in [1.29, 1.82) is 0 Å². The van der Waals surface area contributed by atoms with E-state index in [1.165, 1.54) is 0 Å². The highest BCUT2D eigenvalue weighted by Gasteiger charge is 2.17. The number of ether oxygens (including phenoxy) is 1. The molecule has 0 bridgehead atoms. The summed E-state index contributed by atoms with van der Waals surface area (Å²) in [5.74, 6) is 1.80. The summed E-state index contributed by atoms with van der Waals surface area (Å²) < 4.78 is 10.7. The van der Waals surface area contributed by atoms with Gasteiger partial charge in [0.05, 0.1) is 12.7 Å². The Morgan fingerprint density at radius 1 is 1.41 bits per heavy atom. The Morgan fingerprint density at radius 2 is 2.18 bits per heavy atom. The van der Waals surface area contributed by atoms with E-state index in [0.29, 0.717) is 11.6 Å². The molecule has 2 rings (SSSR count). The van der Waals surface area contributed by atoms with E-state index in [0.717, 1.165) is 21.8 Å². The van der Waals surface area contributed by atoms with E-state index in [9.17, 15) is 0 Å². The zero-order chi connectivity index (χ0) is 12.4. The third-order valence-electron chi connectivity index (χ3n) is 2.52. The van der Waals surface area contributed by atoms with E-state index in [4.69, 9.17) is 15.0 Å². The molecule has 0 aliphatic rings. The third kappa shape index (κ3) is 2.10. The number of nitrogen functional groups attached to an aromatic ring is 1. The van der Waals surface area contributed by atoms with Gasteiger partial charge in [-0.15, -0.1) is 11.8 Å². The van der Waals surface area contributed by atoms with Gasteiger partial charge in [-0.3, -0.25) is 0 Å². The van der Waals surface area contributed by atoms with Crippen molar-refractivity contribution >= 4 is 17.6 Å². The van der Waals surface area contributed by atoms with Crippen molar-refractivity contribution in [3.05, 3.63) is 23.8 Å². The zero-order valence-electron chi connectivity index (χ0n) is 9.98. The molecule has 5 heteroatoms. The van der Waals surface area contributed by atoms with Crippen molar-refractivity contribution in [3.8, 4) is 17.1 Å². The Kier molecular flexibility index (Phi) is 3.28. The lowest BCUT2D eigenvalue weighted by atomic mass is 10.1. The molecule has 90 valence electrons. The van der Waals surface area contributed by atoms with Gasteiger partial charge in [0.1, 0.15) is 5.75 Å². The van der Waals surface area contributed by atoms with Crippen LogP contribution in [0.3, 0.4) is 0 Å². The quantitative estimate of drug-likeness (QED) is 0.848. The fraction of sp³-hybridized carbons (Fsp3) is 0.250. The van der Waals surface area contributed by atoms with E-state index in [1.807, 2.05) is 25.3 Å². The number of benzene rings is 1. The SMILES string of the molecule is COc1c(C)ccc(SC)c1-c1cc(N)no1. The lowest BCUT2D eigenvalue weighted by molar-refractivity contribution is 0.403. The van der Waals surface area contributed by atoms with Gasteiger partial charge in [0.15, 0.2) is 11.6 Å². The van der Waals surface area contributed by atoms with Crippen molar-refractivity contribution < 1.29 is 9.26 Å². The molecule has 0 radical (unpaired) electrons. The molecular formula is C12H14N2O2S. The molecule has 0 fully saturated rings. The molecule has 1 aromatic heterocycles.